The molecule has 0 aromatic carbocycles. The Morgan fingerprint density at radius 1 is 1.47 bits per heavy atom. The zero-order valence-corrected chi connectivity index (χ0v) is 11.5. The van der Waals surface area contributed by atoms with Gasteiger partial charge in [0.25, 0.3) is 0 Å². The lowest BCUT2D eigenvalue weighted by Gasteiger charge is -2.21. The Morgan fingerprint density at radius 2 is 2.16 bits per heavy atom. The fourth-order valence-electron chi connectivity index (χ4n) is 2.05. The summed E-state index contributed by atoms with van der Waals surface area (Å²) in [4.78, 5) is 24.7. The van der Waals surface area contributed by atoms with Gasteiger partial charge in [-0.15, -0.1) is 10.2 Å². The summed E-state index contributed by atoms with van der Waals surface area (Å²) < 4.78 is 1.63. The monoisotopic (exact) mass is 284 g/mol. The highest BCUT2D eigenvalue weighted by molar-refractivity contribution is 7.99. The van der Waals surface area contributed by atoms with Crippen LogP contribution < -0.4 is 0 Å². The van der Waals surface area contributed by atoms with Crippen LogP contribution in [0.15, 0.2) is 11.5 Å². The van der Waals surface area contributed by atoms with Crippen LogP contribution in [0.4, 0.5) is 0 Å². The van der Waals surface area contributed by atoms with Gasteiger partial charge < -0.3 is 10.0 Å². The van der Waals surface area contributed by atoms with E-state index in [4.69, 9.17) is 5.11 Å². The topological polar surface area (TPSA) is 88.3 Å². The van der Waals surface area contributed by atoms with Crippen LogP contribution in [0.25, 0.3) is 0 Å². The molecule has 0 saturated carbocycles. The molecule has 0 spiro atoms. The van der Waals surface area contributed by atoms with Gasteiger partial charge in [-0.2, -0.15) is 0 Å². The van der Waals surface area contributed by atoms with Crippen molar-refractivity contribution in [3.8, 4) is 0 Å². The Bertz CT molecular complexity index is 470. The van der Waals surface area contributed by atoms with Crippen molar-refractivity contribution in [2.75, 3.05) is 18.8 Å². The van der Waals surface area contributed by atoms with E-state index in [9.17, 15) is 9.59 Å². The molecule has 1 aliphatic rings. The first-order chi connectivity index (χ1) is 9.09. The Balaban J connectivity index is 2.05. The van der Waals surface area contributed by atoms with E-state index >= 15 is 0 Å². The molecule has 0 radical (unpaired) electrons. The molecule has 0 bridgehead atoms. The number of carbonyl (C=O) groups excluding carboxylic acids is 1. The van der Waals surface area contributed by atoms with Gasteiger partial charge in [-0.3, -0.25) is 14.2 Å². The van der Waals surface area contributed by atoms with E-state index in [1.807, 2.05) is 4.90 Å². The number of hydrogen-bond acceptors (Lipinski definition) is 5. The summed E-state index contributed by atoms with van der Waals surface area (Å²) in [6.07, 6.45) is 3.56. The van der Waals surface area contributed by atoms with E-state index in [0.717, 1.165) is 37.7 Å². The molecule has 0 aliphatic carbocycles. The smallest absolute Gasteiger partial charge is 0.313 e. The van der Waals surface area contributed by atoms with Crippen LogP contribution in [0.5, 0.6) is 0 Å². The largest absolute Gasteiger partial charge is 0.481 e. The molecule has 1 aromatic heterocycles. The highest BCUT2D eigenvalue weighted by atomic mass is 32.2. The number of hydrogen-bond donors (Lipinski definition) is 1. The molecule has 1 N–H and O–H groups in total. The Kier molecular flexibility index (Phi) is 4.41. The van der Waals surface area contributed by atoms with Gasteiger partial charge in [0.2, 0.25) is 5.91 Å². The standard InChI is InChI=1S/C11H16N4O3S/c1-8(10(18)14-4-2-3-5-14)15-7-12-13-11(15)19-6-9(16)17/h7-8H,2-6H2,1H3,(H,16,17). The maximum atomic E-state index is 12.3. The molecule has 1 atom stereocenters. The molecule has 1 fully saturated rings. The number of carboxylic acids is 1. The van der Waals surface area contributed by atoms with Crippen molar-refractivity contribution in [1.82, 2.24) is 19.7 Å². The predicted molar refractivity (Wildman–Crippen MR) is 68.9 cm³/mol. The Morgan fingerprint density at radius 3 is 2.79 bits per heavy atom. The van der Waals surface area contributed by atoms with Crippen molar-refractivity contribution in [3.05, 3.63) is 6.33 Å². The van der Waals surface area contributed by atoms with E-state index < -0.39 is 12.0 Å². The maximum absolute atomic E-state index is 12.3. The Labute approximate surface area is 115 Å². The zero-order chi connectivity index (χ0) is 13.8. The summed E-state index contributed by atoms with van der Waals surface area (Å²) in [5, 5.41) is 16.7. The summed E-state index contributed by atoms with van der Waals surface area (Å²) in [7, 11) is 0. The van der Waals surface area contributed by atoms with Gasteiger partial charge in [-0.05, 0) is 19.8 Å². The van der Waals surface area contributed by atoms with E-state index in [1.54, 1.807) is 11.5 Å². The molecule has 1 aromatic rings. The zero-order valence-electron chi connectivity index (χ0n) is 10.7. The van der Waals surface area contributed by atoms with Crippen LogP contribution in [-0.4, -0.2) is 55.5 Å². The summed E-state index contributed by atoms with van der Waals surface area (Å²) in [6, 6.07) is -0.399. The number of thioether (sulfide) groups is 1. The number of carboxylic acid groups (broad SMARTS) is 1. The van der Waals surface area contributed by atoms with Crippen molar-refractivity contribution >= 4 is 23.6 Å². The molecule has 7 nitrogen and oxygen atoms in total. The number of likely N-dealkylation sites (tertiary alicyclic amines) is 1. The molecule has 1 saturated heterocycles. The summed E-state index contributed by atoms with van der Waals surface area (Å²) in [5.41, 5.74) is 0. The second-order valence-corrected chi connectivity index (χ2v) is 5.35. The average Bonchev–Trinajstić information content (AvgIpc) is 3.05. The van der Waals surface area contributed by atoms with E-state index in [0.29, 0.717) is 5.16 Å². The second kappa shape index (κ2) is 6.05. The fraction of sp³-hybridized carbons (Fsp3) is 0.636. The molecular formula is C11H16N4O3S. The van der Waals surface area contributed by atoms with Crippen molar-refractivity contribution in [2.45, 2.75) is 31.0 Å². The van der Waals surface area contributed by atoms with Gasteiger partial charge in [0.1, 0.15) is 12.4 Å². The summed E-state index contributed by atoms with van der Waals surface area (Å²) in [6.45, 7) is 3.38. The van der Waals surface area contributed by atoms with Gasteiger partial charge in [-0.25, -0.2) is 0 Å². The third-order valence-electron chi connectivity index (χ3n) is 3.06. The molecule has 104 valence electrons. The first-order valence-corrected chi connectivity index (χ1v) is 7.11. The first kappa shape index (κ1) is 13.9. The quantitative estimate of drug-likeness (QED) is 0.798. The molecule has 19 heavy (non-hydrogen) atoms. The van der Waals surface area contributed by atoms with Crippen molar-refractivity contribution in [2.24, 2.45) is 0 Å². The minimum absolute atomic E-state index is 0.0366. The Hall–Kier alpha value is -1.57. The molecule has 1 aliphatic heterocycles. The lowest BCUT2D eigenvalue weighted by molar-refractivity contribution is -0.134. The maximum Gasteiger partial charge on any atom is 0.313 e. The molecule has 8 heteroatoms. The van der Waals surface area contributed by atoms with Gasteiger partial charge >= 0.3 is 5.97 Å². The number of rotatable bonds is 5. The normalized spacial score (nSPS) is 16.6. The number of amides is 1. The van der Waals surface area contributed by atoms with Crippen LogP contribution in [0.3, 0.4) is 0 Å². The fourth-order valence-corrected chi connectivity index (χ4v) is 2.76. The van der Waals surface area contributed by atoms with Crippen LogP contribution in [0, 0.1) is 0 Å². The van der Waals surface area contributed by atoms with Crippen LogP contribution >= 0.6 is 11.8 Å². The number of nitrogens with zero attached hydrogens (tertiary/aromatic N) is 4. The van der Waals surface area contributed by atoms with Gasteiger partial charge in [0, 0.05) is 13.1 Å². The minimum Gasteiger partial charge on any atom is -0.481 e. The van der Waals surface area contributed by atoms with Crippen LogP contribution in [-0.2, 0) is 9.59 Å². The number of aromatic nitrogens is 3. The predicted octanol–water partition coefficient (Wildman–Crippen LogP) is 0.638. The highest BCUT2D eigenvalue weighted by Gasteiger charge is 2.26. The number of carbonyl (C=O) groups is 2. The first-order valence-electron chi connectivity index (χ1n) is 6.12. The molecule has 2 heterocycles. The van der Waals surface area contributed by atoms with Crippen molar-refractivity contribution in [1.29, 1.82) is 0 Å². The van der Waals surface area contributed by atoms with Crippen LogP contribution in [0.2, 0.25) is 0 Å². The van der Waals surface area contributed by atoms with E-state index in [-0.39, 0.29) is 11.7 Å². The highest BCUT2D eigenvalue weighted by Crippen LogP contribution is 2.21. The third kappa shape index (κ3) is 3.25. The van der Waals surface area contributed by atoms with E-state index in [2.05, 4.69) is 10.2 Å². The summed E-state index contributed by atoms with van der Waals surface area (Å²) in [5.74, 6) is -0.976. The van der Waals surface area contributed by atoms with Crippen molar-refractivity contribution in [3.63, 3.8) is 0 Å². The van der Waals surface area contributed by atoms with E-state index in [1.165, 1.54) is 6.33 Å². The number of aliphatic carboxylic acids is 1. The SMILES string of the molecule is CC(C(=O)N1CCCC1)n1cnnc1SCC(=O)O. The average molecular weight is 284 g/mol. The second-order valence-electron chi connectivity index (χ2n) is 4.41. The third-order valence-corrected chi connectivity index (χ3v) is 4.00. The molecule has 1 unspecified atom stereocenters. The molecule has 1 amide bonds. The molecular weight excluding hydrogens is 268 g/mol. The minimum atomic E-state index is -0.918. The lowest BCUT2D eigenvalue weighted by atomic mass is 10.3. The molecule has 2 rings (SSSR count). The lowest BCUT2D eigenvalue weighted by Crippen LogP contribution is -2.34. The van der Waals surface area contributed by atoms with Crippen LogP contribution in [0.1, 0.15) is 25.8 Å². The van der Waals surface area contributed by atoms with Crippen molar-refractivity contribution < 1.29 is 14.7 Å². The van der Waals surface area contributed by atoms with Gasteiger partial charge in [-0.1, -0.05) is 11.8 Å². The van der Waals surface area contributed by atoms with Gasteiger partial charge in [0.05, 0.1) is 5.75 Å². The van der Waals surface area contributed by atoms with Gasteiger partial charge in [0.15, 0.2) is 5.16 Å². The summed E-state index contributed by atoms with van der Waals surface area (Å²) >= 11 is 1.07.